The SMILES string of the molecule is O=C(O)C(CCCc1ccccc1)CCc1ccc(OCc2ccccc2)cc1. The largest absolute Gasteiger partial charge is 0.489 e. The van der Waals surface area contributed by atoms with Gasteiger partial charge in [-0.2, -0.15) is 0 Å². The molecule has 3 aromatic carbocycles. The zero-order valence-electron chi connectivity index (χ0n) is 16.7. The number of rotatable bonds is 11. The van der Waals surface area contributed by atoms with E-state index >= 15 is 0 Å². The number of hydrogen-bond donors (Lipinski definition) is 1. The maximum absolute atomic E-state index is 11.6. The minimum Gasteiger partial charge on any atom is -0.489 e. The Kier molecular flexibility index (Phi) is 7.88. The van der Waals surface area contributed by atoms with Crippen LogP contribution in [0.3, 0.4) is 0 Å². The molecule has 0 aliphatic rings. The maximum Gasteiger partial charge on any atom is 0.306 e. The van der Waals surface area contributed by atoms with E-state index in [4.69, 9.17) is 4.74 Å². The van der Waals surface area contributed by atoms with Crippen LogP contribution in [-0.4, -0.2) is 11.1 Å². The summed E-state index contributed by atoms with van der Waals surface area (Å²) in [6.45, 7) is 0.544. The average Bonchev–Trinajstić information content (AvgIpc) is 2.76. The van der Waals surface area contributed by atoms with E-state index in [1.54, 1.807) is 0 Å². The van der Waals surface area contributed by atoms with Crippen molar-refractivity contribution in [1.82, 2.24) is 0 Å². The van der Waals surface area contributed by atoms with E-state index in [1.807, 2.05) is 72.8 Å². The van der Waals surface area contributed by atoms with Crippen molar-refractivity contribution in [1.29, 1.82) is 0 Å². The fraction of sp³-hybridized carbons (Fsp3) is 0.269. The Morgan fingerprint density at radius 1 is 0.724 bits per heavy atom. The predicted octanol–water partition coefficient (Wildman–Crippen LogP) is 5.92. The molecule has 0 heterocycles. The van der Waals surface area contributed by atoms with Crippen LogP contribution in [0.2, 0.25) is 0 Å². The van der Waals surface area contributed by atoms with Crippen LogP contribution < -0.4 is 4.74 Å². The van der Waals surface area contributed by atoms with Gasteiger partial charge in [0.15, 0.2) is 0 Å². The summed E-state index contributed by atoms with van der Waals surface area (Å²) in [6.07, 6.45) is 3.96. The van der Waals surface area contributed by atoms with E-state index in [9.17, 15) is 9.90 Å². The number of hydrogen-bond acceptors (Lipinski definition) is 2. The van der Waals surface area contributed by atoms with Gasteiger partial charge in [-0.3, -0.25) is 4.79 Å². The third-order valence-corrected chi connectivity index (χ3v) is 5.16. The Balaban J connectivity index is 1.43. The van der Waals surface area contributed by atoms with Gasteiger partial charge in [-0.25, -0.2) is 0 Å². The fourth-order valence-electron chi connectivity index (χ4n) is 3.42. The van der Waals surface area contributed by atoms with E-state index in [1.165, 1.54) is 5.56 Å². The normalized spacial score (nSPS) is 11.7. The number of aliphatic carboxylic acids is 1. The molecular formula is C26H28O3. The van der Waals surface area contributed by atoms with Gasteiger partial charge in [0.05, 0.1) is 5.92 Å². The van der Waals surface area contributed by atoms with Crippen LogP contribution in [0.5, 0.6) is 5.75 Å². The lowest BCUT2D eigenvalue weighted by atomic mass is 9.93. The van der Waals surface area contributed by atoms with Gasteiger partial charge in [-0.05, 0) is 60.9 Å². The Morgan fingerprint density at radius 2 is 1.31 bits per heavy atom. The van der Waals surface area contributed by atoms with Gasteiger partial charge in [0.1, 0.15) is 12.4 Å². The molecule has 3 heteroatoms. The molecule has 0 saturated heterocycles. The van der Waals surface area contributed by atoms with Crippen molar-refractivity contribution < 1.29 is 14.6 Å². The summed E-state index contributed by atoms with van der Waals surface area (Å²) in [5, 5.41) is 9.55. The summed E-state index contributed by atoms with van der Waals surface area (Å²) in [5.74, 6) is -0.163. The number of carbonyl (C=O) groups is 1. The summed E-state index contributed by atoms with van der Waals surface area (Å²) in [6, 6.07) is 28.3. The lowest BCUT2D eigenvalue weighted by Gasteiger charge is -2.13. The number of aryl methyl sites for hydroxylation is 2. The zero-order chi connectivity index (χ0) is 20.3. The predicted molar refractivity (Wildman–Crippen MR) is 116 cm³/mol. The van der Waals surface area contributed by atoms with Crippen LogP contribution in [0.25, 0.3) is 0 Å². The molecule has 0 aromatic heterocycles. The molecule has 3 rings (SSSR count). The maximum atomic E-state index is 11.6. The quantitative estimate of drug-likeness (QED) is 0.443. The Bertz CT molecular complexity index is 857. The van der Waals surface area contributed by atoms with Crippen LogP contribution in [-0.2, 0) is 24.2 Å². The number of carboxylic acids is 1. The van der Waals surface area contributed by atoms with Gasteiger partial charge in [-0.1, -0.05) is 72.8 Å². The first-order chi connectivity index (χ1) is 14.2. The first kappa shape index (κ1) is 20.7. The molecule has 1 unspecified atom stereocenters. The molecule has 3 nitrogen and oxygen atoms in total. The average molecular weight is 389 g/mol. The second kappa shape index (κ2) is 11.1. The first-order valence-electron chi connectivity index (χ1n) is 10.2. The van der Waals surface area contributed by atoms with Crippen molar-refractivity contribution in [3.8, 4) is 5.75 Å². The van der Waals surface area contributed by atoms with E-state index in [0.29, 0.717) is 19.4 Å². The van der Waals surface area contributed by atoms with Crippen LogP contribution >= 0.6 is 0 Å². The van der Waals surface area contributed by atoms with Gasteiger partial charge in [0, 0.05) is 0 Å². The highest BCUT2D eigenvalue weighted by Gasteiger charge is 2.17. The van der Waals surface area contributed by atoms with E-state index in [0.717, 1.165) is 36.1 Å². The van der Waals surface area contributed by atoms with E-state index in [2.05, 4.69) is 12.1 Å². The molecular weight excluding hydrogens is 360 g/mol. The molecule has 29 heavy (non-hydrogen) atoms. The van der Waals surface area contributed by atoms with Gasteiger partial charge in [0.25, 0.3) is 0 Å². The molecule has 1 atom stereocenters. The third-order valence-electron chi connectivity index (χ3n) is 5.16. The highest BCUT2D eigenvalue weighted by atomic mass is 16.5. The summed E-state index contributed by atoms with van der Waals surface area (Å²) < 4.78 is 5.81. The van der Waals surface area contributed by atoms with E-state index < -0.39 is 5.97 Å². The van der Waals surface area contributed by atoms with Crippen LogP contribution in [0.4, 0.5) is 0 Å². The second-order valence-corrected chi connectivity index (χ2v) is 7.37. The van der Waals surface area contributed by atoms with Gasteiger partial charge >= 0.3 is 5.97 Å². The van der Waals surface area contributed by atoms with Crippen molar-refractivity contribution in [3.63, 3.8) is 0 Å². The van der Waals surface area contributed by atoms with Gasteiger partial charge in [0.2, 0.25) is 0 Å². The van der Waals surface area contributed by atoms with Gasteiger partial charge < -0.3 is 9.84 Å². The number of benzene rings is 3. The molecule has 0 spiro atoms. The molecule has 0 bridgehead atoms. The topological polar surface area (TPSA) is 46.5 Å². The summed E-state index contributed by atoms with van der Waals surface area (Å²) in [5.41, 5.74) is 3.55. The summed E-state index contributed by atoms with van der Waals surface area (Å²) in [4.78, 5) is 11.6. The van der Waals surface area contributed by atoms with Crippen LogP contribution in [0, 0.1) is 5.92 Å². The van der Waals surface area contributed by atoms with Crippen LogP contribution in [0.15, 0.2) is 84.9 Å². The van der Waals surface area contributed by atoms with Crippen LogP contribution in [0.1, 0.15) is 36.0 Å². The standard InChI is InChI=1S/C26H28O3/c27-26(28)24(13-7-12-21-8-3-1-4-9-21)17-14-22-15-18-25(19-16-22)29-20-23-10-5-2-6-11-23/h1-6,8-11,15-16,18-19,24H,7,12-14,17,20H2,(H,27,28). The molecule has 1 N–H and O–H groups in total. The van der Waals surface area contributed by atoms with Crippen molar-refractivity contribution in [3.05, 3.63) is 102 Å². The minimum atomic E-state index is -0.694. The van der Waals surface area contributed by atoms with E-state index in [-0.39, 0.29) is 5.92 Å². The lowest BCUT2D eigenvalue weighted by Crippen LogP contribution is -2.15. The van der Waals surface area contributed by atoms with Gasteiger partial charge in [-0.15, -0.1) is 0 Å². The zero-order valence-corrected chi connectivity index (χ0v) is 16.7. The van der Waals surface area contributed by atoms with Crippen molar-refractivity contribution in [2.24, 2.45) is 5.92 Å². The second-order valence-electron chi connectivity index (χ2n) is 7.37. The Hall–Kier alpha value is -3.07. The summed E-state index contributed by atoms with van der Waals surface area (Å²) >= 11 is 0. The molecule has 0 fully saturated rings. The summed E-state index contributed by atoms with van der Waals surface area (Å²) in [7, 11) is 0. The fourth-order valence-corrected chi connectivity index (χ4v) is 3.42. The highest BCUT2D eigenvalue weighted by Crippen LogP contribution is 2.20. The molecule has 0 amide bonds. The molecule has 0 aliphatic heterocycles. The van der Waals surface area contributed by atoms with Crippen molar-refractivity contribution >= 4 is 5.97 Å². The van der Waals surface area contributed by atoms with Crippen molar-refractivity contribution in [2.45, 2.75) is 38.7 Å². The Labute approximate surface area is 173 Å². The molecule has 0 aliphatic carbocycles. The minimum absolute atomic E-state index is 0.298. The lowest BCUT2D eigenvalue weighted by molar-refractivity contribution is -0.142. The third kappa shape index (κ3) is 7.11. The monoisotopic (exact) mass is 388 g/mol. The number of carboxylic acid groups (broad SMARTS) is 1. The smallest absolute Gasteiger partial charge is 0.306 e. The number of ether oxygens (including phenoxy) is 1. The van der Waals surface area contributed by atoms with Crippen molar-refractivity contribution in [2.75, 3.05) is 0 Å². The molecule has 0 saturated carbocycles. The first-order valence-corrected chi connectivity index (χ1v) is 10.2. The highest BCUT2D eigenvalue weighted by molar-refractivity contribution is 5.69. The molecule has 150 valence electrons. The molecule has 3 aromatic rings. The Morgan fingerprint density at radius 3 is 1.93 bits per heavy atom. The molecule has 0 radical (unpaired) electrons.